The number of non-ortho nitro benzene ring substituents is 1. The van der Waals surface area contributed by atoms with Crippen LogP contribution in [0.4, 0.5) is 11.4 Å². The summed E-state index contributed by atoms with van der Waals surface area (Å²) in [5.74, 6) is -0.122. The fourth-order valence-electron chi connectivity index (χ4n) is 1.60. The van der Waals surface area contributed by atoms with Crippen LogP contribution < -0.4 is 4.90 Å². The predicted molar refractivity (Wildman–Crippen MR) is 69.0 cm³/mol. The van der Waals surface area contributed by atoms with Gasteiger partial charge in [0.25, 0.3) is 11.6 Å². The van der Waals surface area contributed by atoms with Crippen molar-refractivity contribution in [1.82, 2.24) is 0 Å². The van der Waals surface area contributed by atoms with Crippen LogP contribution in [0.15, 0.2) is 18.2 Å². The Morgan fingerprint density at radius 1 is 1.47 bits per heavy atom. The van der Waals surface area contributed by atoms with Gasteiger partial charge in [0.05, 0.1) is 17.2 Å². The highest BCUT2D eigenvalue weighted by Crippen LogP contribution is 2.27. The minimum Gasteiger partial charge on any atom is -0.370 e. The van der Waals surface area contributed by atoms with Gasteiger partial charge in [0, 0.05) is 22.2 Å². The zero-order valence-electron chi connectivity index (χ0n) is 8.76. The Morgan fingerprint density at radius 2 is 2.24 bits per heavy atom. The molecule has 2 rings (SSSR count). The zero-order valence-corrected chi connectivity index (χ0v) is 10.9. The maximum Gasteiger partial charge on any atom is 0.270 e. The van der Waals surface area contributed by atoms with Gasteiger partial charge in [-0.05, 0) is 28.7 Å². The van der Waals surface area contributed by atoms with Crippen molar-refractivity contribution in [3.63, 3.8) is 0 Å². The Balaban J connectivity index is 2.32. The monoisotopic (exact) mass is 348 g/mol. The summed E-state index contributed by atoms with van der Waals surface area (Å²) in [6.45, 7) is 1.03. The summed E-state index contributed by atoms with van der Waals surface area (Å²) < 4.78 is 5.72. The first-order valence-electron chi connectivity index (χ1n) is 4.91. The smallest absolute Gasteiger partial charge is 0.270 e. The molecule has 1 aromatic rings. The van der Waals surface area contributed by atoms with Gasteiger partial charge in [0.1, 0.15) is 6.61 Å². The van der Waals surface area contributed by atoms with Crippen molar-refractivity contribution in [1.29, 1.82) is 0 Å². The van der Waals surface area contributed by atoms with E-state index in [1.807, 2.05) is 22.6 Å². The summed E-state index contributed by atoms with van der Waals surface area (Å²) in [5, 5.41) is 10.6. The van der Waals surface area contributed by atoms with Crippen molar-refractivity contribution in [2.45, 2.75) is 0 Å². The number of anilines is 1. The number of nitrogens with zero attached hydrogens (tertiary/aromatic N) is 2. The summed E-state index contributed by atoms with van der Waals surface area (Å²) in [6, 6.07) is 4.46. The molecular weight excluding hydrogens is 339 g/mol. The Labute approximate surface area is 111 Å². The average Bonchev–Trinajstić information content (AvgIpc) is 2.30. The molecule has 17 heavy (non-hydrogen) atoms. The van der Waals surface area contributed by atoms with Crippen LogP contribution in [-0.2, 0) is 9.53 Å². The van der Waals surface area contributed by atoms with E-state index in [-0.39, 0.29) is 18.2 Å². The van der Waals surface area contributed by atoms with E-state index in [0.717, 1.165) is 0 Å². The lowest BCUT2D eigenvalue weighted by Crippen LogP contribution is -2.42. The summed E-state index contributed by atoms with van der Waals surface area (Å²) in [6.07, 6.45) is 0. The van der Waals surface area contributed by atoms with E-state index in [1.165, 1.54) is 12.1 Å². The number of carbonyl (C=O) groups is 1. The van der Waals surface area contributed by atoms with E-state index in [4.69, 9.17) is 4.74 Å². The van der Waals surface area contributed by atoms with Crippen molar-refractivity contribution in [3.8, 4) is 0 Å². The Kier molecular flexibility index (Phi) is 3.57. The van der Waals surface area contributed by atoms with Gasteiger partial charge in [0.2, 0.25) is 0 Å². The molecule has 0 aliphatic carbocycles. The maximum atomic E-state index is 11.6. The summed E-state index contributed by atoms with van der Waals surface area (Å²) in [7, 11) is 0. The van der Waals surface area contributed by atoms with Crippen LogP contribution >= 0.6 is 22.6 Å². The number of morpholine rings is 1. The van der Waals surface area contributed by atoms with Crippen LogP contribution in [0.2, 0.25) is 0 Å². The van der Waals surface area contributed by atoms with Crippen LogP contribution in [0, 0.1) is 13.7 Å². The fraction of sp³-hybridized carbons (Fsp3) is 0.300. The van der Waals surface area contributed by atoms with Gasteiger partial charge in [-0.15, -0.1) is 0 Å². The number of carbonyl (C=O) groups excluding carboxylic acids is 1. The highest BCUT2D eigenvalue weighted by atomic mass is 127. The van der Waals surface area contributed by atoms with E-state index in [2.05, 4.69) is 0 Å². The lowest BCUT2D eigenvalue weighted by molar-refractivity contribution is -0.384. The molecule has 1 aliphatic heterocycles. The van der Waals surface area contributed by atoms with Gasteiger partial charge >= 0.3 is 0 Å². The first-order chi connectivity index (χ1) is 8.09. The van der Waals surface area contributed by atoms with Gasteiger partial charge in [-0.25, -0.2) is 0 Å². The van der Waals surface area contributed by atoms with E-state index < -0.39 is 4.92 Å². The third-order valence-corrected chi connectivity index (χ3v) is 3.28. The highest BCUT2D eigenvalue weighted by molar-refractivity contribution is 14.1. The number of hydrogen-bond acceptors (Lipinski definition) is 4. The average molecular weight is 348 g/mol. The summed E-state index contributed by atoms with van der Waals surface area (Å²) in [5.41, 5.74) is 0.725. The Bertz CT molecular complexity index is 477. The molecule has 1 heterocycles. The first-order valence-corrected chi connectivity index (χ1v) is 5.99. The number of benzene rings is 1. The Morgan fingerprint density at radius 3 is 2.82 bits per heavy atom. The molecule has 0 aromatic heterocycles. The summed E-state index contributed by atoms with van der Waals surface area (Å²) >= 11 is 1.99. The molecule has 0 bridgehead atoms. The quantitative estimate of drug-likeness (QED) is 0.462. The molecule has 1 aromatic carbocycles. The molecule has 90 valence electrons. The van der Waals surface area contributed by atoms with Crippen molar-refractivity contribution in [2.75, 3.05) is 24.7 Å². The molecule has 0 spiro atoms. The van der Waals surface area contributed by atoms with E-state index in [1.54, 1.807) is 11.0 Å². The molecule has 0 N–H and O–H groups in total. The molecule has 1 amide bonds. The molecule has 0 atom stereocenters. The van der Waals surface area contributed by atoms with Crippen LogP contribution in [0.1, 0.15) is 0 Å². The predicted octanol–water partition coefficient (Wildman–Crippen LogP) is 1.56. The standard InChI is InChI=1S/C10H9IN2O4/c11-8-5-7(13(15)16)1-2-9(8)12-3-4-17-6-10(12)14/h1-2,5H,3-4,6H2. The molecule has 1 aliphatic rings. The molecular formula is C10H9IN2O4. The minimum absolute atomic E-state index is 0.0267. The minimum atomic E-state index is -0.451. The molecule has 1 fully saturated rings. The molecule has 7 heteroatoms. The van der Waals surface area contributed by atoms with Gasteiger partial charge in [-0.3, -0.25) is 14.9 Å². The van der Waals surface area contributed by atoms with Gasteiger partial charge in [0.15, 0.2) is 0 Å². The second kappa shape index (κ2) is 4.96. The van der Waals surface area contributed by atoms with Crippen molar-refractivity contribution in [2.24, 2.45) is 0 Å². The number of nitro benzene ring substituents is 1. The third-order valence-electron chi connectivity index (χ3n) is 2.42. The number of hydrogen-bond donors (Lipinski definition) is 0. The SMILES string of the molecule is O=C1COCCN1c1ccc([N+](=O)[O-])cc1I. The van der Waals surface area contributed by atoms with Gasteiger partial charge in [-0.2, -0.15) is 0 Å². The van der Waals surface area contributed by atoms with E-state index >= 15 is 0 Å². The van der Waals surface area contributed by atoms with Crippen LogP contribution in [0.5, 0.6) is 0 Å². The third kappa shape index (κ3) is 2.55. The summed E-state index contributed by atoms with van der Waals surface area (Å²) in [4.78, 5) is 23.4. The number of nitro groups is 1. The number of ether oxygens (including phenoxy) is 1. The van der Waals surface area contributed by atoms with E-state index in [0.29, 0.717) is 22.4 Å². The molecule has 0 radical (unpaired) electrons. The Hall–Kier alpha value is -1.22. The van der Waals surface area contributed by atoms with Crippen LogP contribution in [0.25, 0.3) is 0 Å². The second-order valence-corrected chi connectivity index (χ2v) is 4.65. The first kappa shape index (κ1) is 12.2. The van der Waals surface area contributed by atoms with Crippen molar-refractivity contribution < 1.29 is 14.5 Å². The highest BCUT2D eigenvalue weighted by Gasteiger charge is 2.23. The van der Waals surface area contributed by atoms with Gasteiger partial charge in [-0.1, -0.05) is 0 Å². The van der Waals surface area contributed by atoms with Gasteiger partial charge < -0.3 is 9.64 Å². The van der Waals surface area contributed by atoms with Crippen molar-refractivity contribution >= 4 is 39.9 Å². The zero-order chi connectivity index (χ0) is 12.4. The lowest BCUT2D eigenvalue weighted by Gasteiger charge is -2.27. The maximum absolute atomic E-state index is 11.6. The fourth-order valence-corrected chi connectivity index (χ4v) is 2.39. The molecule has 6 nitrogen and oxygen atoms in total. The van der Waals surface area contributed by atoms with Crippen LogP contribution in [-0.4, -0.2) is 30.6 Å². The number of halogens is 1. The number of rotatable bonds is 2. The van der Waals surface area contributed by atoms with E-state index in [9.17, 15) is 14.9 Å². The van der Waals surface area contributed by atoms with Crippen LogP contribution in [0.3, 0.4) is 0 Å². The topological polar surface area (TPSA) is 72.7 Å². The molecule has 1 saturated heterocycles. The molecule has 0 saturated carbocycles. The normalized spacial score (nSPS) is 16.1. The number of amides is 1. The second-order valence-electron chi connectivity index (χ2n) is 3.49. The molecule has 0 unspecified atom stereocenters. The lowest BCUT2D eigenvalue weighted by atomic mass is 10.2. The largest absolute Gasteiger partial charge is 0.370 e. The van der Waals surface area contributed by atoms with Crippen molar-refractivity contribution in [3.05, 3.63) is 31.9 Å².